The van der Waals surface area contributed by atoms with Crippen molar-refractivity contribution in [2.24, 2.45) is 0 Å². The van der Waals surface area contributed by atoms with Crippen molar-refractivity contribution in [1.29, 1.82) is 0 Å². The molecule has 0 aliphatic rings. The number of nitrogens with zero attached hydrogens (tertiary/aromatic N) is 2. The van der Waals surface area contributed by atoms with Crippen molar-refractivity contribution in [3.63, 3.8) is 0 Å². The topological polar surface area (TPSA) is 76.0 Å². The van der Waals surface area contributed by atoms with Gasteiger partial charge in [-0.05, 0) is 36.2 Å². The van der Waals surface area contributed by atoms with Gasteiger partial charge in [-0.3, -0.25) is 9.59 Å². The molecule has 174 valence electrons. The fourth-order valence-corrected chi connectivity index (χ4v) is 3.64. The van der Waals surface area contributed by atoms with Crippen LogP contribution < -0.4 is 10.6 Å². The molecule has 0 saturated carbocycles. The summed E-state index contributed by atoms with van der Waals surface area (Å²) in [6.45, 7) is -0.222. The molecule has 0 bridgehead atoms. The molecular formula is C25H21F3N4O2. The van der Waals surface area contributed by atoms with Crippen molar-refractivity contribution < 1.29 is 22.8 Å². The second-order valence-corrected chi connectivity index (χ2v) is 7.59. The summed E-state index contributed by atoms with van der Waals surface area (Å²) < 4.78 is 41.3. The molecule has 0 saturated heterocycles. The number of hydrogen-bond acceptors (Lipinski definition) is 3. The number of alkyl halides is 3. The first-order valence-corrected chi connectivity index (χ1v) is 10.6. The van der Waals surface area contributed by atoms with E-state index in [1.807, 2.05) is 30.3 Å². The average molecular weight is 466 g/mol. The lowest BCUT2D eigenvalue weighted by molar-refractivity contribution is -0.147. The Bertz CT molecular complexity index is 1320. The lowest BCUT2D eigenvalue weighted by atomic mass is 10.1. The number of carbonyl (C=O) groups excluding carboxylic acids is 2. The standard InChI is InChI=1S/C25H21F3N4O2/c26-25(27,28)24-31-20-12-6-7-13-21(20)32(24)16-22(33)30-19-11-5-4-10-18(19)23(34)29-15-14-17-8-2-1-3-9-17/h1-13H,14-16H2,(H,29,34)(H,30,33). The summed E-state index contributed by atoms with van der Waals surface area (Å²) in [4.78, 5) is 29.0. The van der Waals surface area contributed by atoms with E-state index in [2.05, 4.69) is 15.6 Å². The maximum Gasteiger partial charge on any atom is 0.449 e. The number of aromatic nitrogens is 2. The number of nitrogens with one attached hydrogen (secondary N) is 2. The third-order valence-electron chi connectivity index (χ3n) is 5.20. The van der Waals surface area contributed by atoms with Crippen molar-refractivity contribution in [2.45, 2.75) is 19.1 Å². The van der Waals surface area contributed by atoms with Crippen molar-refractivity contribution in [3.8, 4) is 0 Å². The van der Waals surface area contributed by atoms with Crippen molar-refractivity contribution in [3.05, 3.63) is 95.8 Å². The molecule has 6 nitrogen and oxygen atoms in total. The molecule has 3 aromatic carbocycles. The van der Waals surface area contributed by atoms with Gasteiger partial charge in [-0.2, -0.15) is 13.2 Å². The van der Waals surface area contributed by atoms with Gasteiger partial charge in [-0.25, -0.2) is 4.98 Å². The van der Waals surface area contributed by atoms with E-state index in [4.69, 9.17) is 0 Å². The minimum absolute atomic E-state index is 0.140. The van der Waals surface area contributed by atoms with Crippen LogP contribution in [-0.2, 0) is 23.9 Å². The van der Waals surface area contributed by atoms with Crippen molar-refractivity contribution in [1.82, 2.24) is 14.9 Å². The highest BCUT2D eigenvalue weighted by Crippen LogP contribution is 2.31. The number of para-hydroxylation sites is 3. The van der Waals surface area contributed by atoms with Gasteiger partial charge < -0.3 is 15.2 Å². The predicted octanol–water partition coefficient (Wildman–Crippen LogP) is 4.67. The fourth-order valence-electron chi connectivity index (χ4n) is 3.64. The molecule has 34 heavy (non-hydrogen) atoms. The Balaban J connectivity index is 1.48. The molecule has 0 atom stereocenters. The fraction of sp³-hybridized carbons (Fsp3) is 0.160. The van der Waals surface area contributed by atoms with Gasteiger partial charge in [0.2, 0.25) is 11.7 Å². The van der Waals surface area contributed by atoms with Gasteiger partial charge in [0.25, 0.3) is 5.91 Å². The summed E-state index contributed by atoms with van der Waals surface area (Å²) >= 11 is 0. The van der Waals surface area contributed by atoms with Crippen LogP contribution in [-0.4, -0.2) is 27.9 Å². The third kappa shape index (κ3) is 5.25. The molecule has 2 N–H and O–H groups in total. The van der Waals surface area contributed by atoms with Gasteiger partial charge in [0.15, 0.2) is 0 Å². The Kier molecular flexibility index (Phi) is 6.62. The Labute approximate surface area is 193 Å². The molecule has 0 spiro atoms. The van der Waals surface area contributed by atoms with E-state index in [9.17, 15) is 22.8 Å². The van der Waals surface area contributed by atoms with E-state index in [1.165, 1.54) is 18.2 Å². The highest BCUT2D eigenvalue weighted by Gasteiger charge is 2.38. The van der Waals surface area contributed by atoms with Gasteiger partial charge in [-0.1, -0.05) is 54.6 Å². The molecule has 2 amide bonds. The highest BCUT2D eigenvalue weighted by molar-refractivity contribution is 6.03. The smallest absolute Gasteiger partial charge is 0.352 e. The average Bonchev–Trinajstić information content (AvgIpc) is 3.19. The van der Waals surface area contributed by atoms with Crippen LogP contribution in [0.2, 0.25) is 0 Å². The third-order valence-corrected chi connectivity index (χ3v) is 5.20. The summed E-state index contributed by atoms with van der Waals surface area (Å²) in [7, 11) is 0. The number of imidazole rings is 1. The SMILES string of the molecule is O=C(Cn1c(C(F)(F)F)nc2ccccc21)Nc1ccccc1C(=O)NCCc1ccccc1. The predicted molar refractivity (Wildman–Crippen MR) is 122 cm³/mol. The van der Waals surface area contributed by atoms with Gasteiger partial charge in [0, 0.05) is 6.54 Å². The molecule has 1 aromatic heterocycles. The monoisotopic (exact) mass is 466 g/mol. The number of carbonyl (C=O) groups is 2. The first kappa shape index (κ1) is 23.0. The first-order chi connectivity index (χ1) is 16.3. The summed E-state index contributed by atoms with van der Waals surface area (Å²) in [5, 5.41) is 5.37. The Hall–Kier alpha value is -4.14. The summed E-state index contributed by atoms with van der Waals surface area (Å²) in [6, 6.07) is 22.1. The van der Waals surface area contributed by atoms with E-state index in [0.29, 0.717) is 13.0 Å². The van der Waals surface area contributed by atoms with Crippen LogP contribution in [0.4, 0.5) is 18.9 Å². The zero-order valence-corrected chi connectivity index (χ0v) is 18.0. The molecule has 1 heterocycles. The Morgan fingerprint density at radius 2 is 1.56 bits per heavy atom. The van der Waals surface area contributed by atoms with Gasteiger partial charge >= 0.3 is 6.18 Å². The normalized spacial score (nSPS) is 11.4. The largest absolute Gasteiger partial charge is 0.449 e. The van der Waals surface area contributed by atoms with E-state index in [-0.39, 0.29) is 22.3 Å². The molecule has 0 fully saturated rings. The summed E-state index contributed by atoms with van der Waals surface area (Å²) in [5.41, 5.74) is 1.83. The first-order valence-electron chi connectivity index (χ1n) is 10.6. The highest BCUT2D eigenvalue weighted by atomic mass is 19.4. The van der Waals surface area contributed by atoms with Gasteiger partial charge in [-0.15, -0.1) is 0 Å². The van der Waals surface area contributed by atoms with E-state index >= 15 is 0 Å². The number of amides is 2. The van der Waals surface area contributed by atoms with Crippen LogP contribution in [0, 0.1) is 0 Å². The van der Waals surface area contributed by atoms with Crippen LogP contribution in [0.25, 0.3) is 11.0 Å². The summed E-state index contributed by atoms with van der Waals surface area (Å²) in [5.74, 6) is -2.26. The van der Waals surface area contributed by atoms with Crippen molar-refractivity contribution in [2.75, 3.05) is 11.9 Å². The number of anilines is 1. The number of hydrogen-bond donors (Lipinski definition) is 2. The minimum Gasteiger partial charge on any atom is -0.352 e. The molecule has 0 aliphatic heterocycles. The van der Waals surface area contributed by atoms with Crippen LogP contribution in [0.1, 0.15) is 21.7 Å². The second kappa shape index (κ2) is 9.78. The van der Waals surface area contributed by atoms with Crippen LogP contribution in [0.5, 0.6) is 0 Å². The number of benzene rings is 3. The molecule has 0 unspecified atom stereocenters. The zero-order chi connectivity index (χ0) is 24.1. The number of rotatable bonds is 7. The number of halogens is 3. The van der Waals surface area contributed by atoms with E-state index in [1.54, 1.807) is 30.3 Å². The molecule has 0 radical (unpaired) electrons. The maximum absolute atomic E-state index is 13.5. The molecule has 4 rings (SSSR count). The van der Waals surface area contributed by atoms with Gasteiger partial charge in [0.1, 0.15) is 6.54 Å². The van der Waals surface area contributed by atoms with Crippen LogP contribution >= 0.6 is 0 Å². The van der Waals surface area contributed by atoms with Crippen LogP contribution in [0.15, 0.2) is 78.9 Å². The summed E-state index contributed by atoms with van der Waals surface area (Å²) in [6.07, 6.45) is -4.09. The van der Waals surface area contributed by atoms with E-state index in [0.717, 1.165) is 10.1 Å². The molecule has 9 heteroatoms. The van der Waals surface area contributed by atoms with E-state index < -0.39 is 30.4 Å². The quantitative estimate of drug-likeness (QED) is 0.416. The molecule has 0 aliphatic carbocycles. The molecule has 4 aromatic rings. The zero-order valence-electron chi connectivity index (χ0n) is 18.0. The Morgan fingerprint density at radius 1 is 0.882 bits per heavy atom. The molecular weight excluding hydrogens is 445 g/mol. The van der Waals surface area contributed by atoms with Gasteiger partial charge in [0.05, 0.1) is 22.3 Å². The second-order valence-electron chi connectivity index (χ2n) is 7.59. The van der Waals surface area contributed by atoms with Crippen LogP contribution in [0.3, 0.4) is 0 Å². The lowest BCUT2D eigenvalue weighted by Crippen LogP contribution is -2.28. The minimum atomic E-state index is -4.73. The Morgan fingerprint density at radius 3 is 2.32 bits per heavy atom. The number of fused-ring (bicyclic) bond motifs is 1. The maximum atomic E-state index is 13.5. The lowest BCUT2D eigenvalue weighted by Gasteiger charge is -2.14. The van der Waals surface area contributed by atoms with Crippen molar-refractivity contribution >= 4 is 28.5 Å².